The summed E-state index contributed by atoms with van der Waals surface area (Å²) >= 11 is 3.21. The highest BCUT2D eigenvalue weighted by Gasteiger charge is 2.16. The lowest BCUT2D eigenvalue weighted by Crippen LogP contribution is -2.33. The third-order valence-corrected chi connectivity index (χ3v) is 4.43. The first kappa shape index (κ1) is 12.6. The highest BCUT2D eigenvalue weighted by molar-refractivity contribution is 8.00. The summed E-state index contributed by atoms with van der Waals surface area (Å²) in [5.41, 5.74) is 0.967. The van der Waals surface area contributed by atoms with Gasteiger partial charge in [0.25, 0.3) is 0 Å². The maximum atomic E-state index is 13.0. The first-order valence-electron chi connectivity index (χ1n) is 4.97. The van der Waals surface area contributed by atoms with E-state index in [4.69, 9.17) is 10.0 Å². The molecule has 1 aromatic carbocycles. The molecule has 17 heavy (non-hydrogen) atoms. The second-order valence-corrected chi connectivity index (χ2v) is 5.66. The zero-order valence-corrected chi connectivity index (χ0v) is 10.5. The molecular weight excluding hydrogens is 258 g/mol. The van der Waals surface area contributed by atoms with Gasteiger partial charge < -0.3 is 10.0 Å². The van der Waals surface area contributed by atoms with Crippen LogP contribution in [-0.4, -0.2) is 17.2 Å². The van der Waals surface area contributed by atoms with Gasteiger partial charge in [0, 0.05) is 5.75 Å². The van der Waals surface area contributed by atoms with Crippen molar-refractivity contribution >= 4 is 35.7 Å². The summed E-state index contributed by atoms with van der Waals surface area (Å²) in [5, 5.41) is 20.3. The maximum absolute atomic E-state index is 13.0. The van der Waals surface area contributed by atoms with Crippen molar-refractivity contribution in [1.29, 1.82) is 0 Å². The van der Waals surface area contributed by atoms with Crippen LogP contribution in [0.25, 0.3) is 0 Å². The van der Waals surface area contributed by atoms with Gasteiger partial charge in [-0.05, 0) is 34.6 Å². The molecule has 2 nitrogen and oxygen atoms in total. The lowest BCUT2D eigenvalue weighted by atomic mass is 9.77. The van der Waals surface area contributed by atoms with E-state index in [9.17, 15) is 4.39 Å². The van der Waals surface area contributed by atoms with Gasteiger partial charge in [-0.15, -0.1) is 23.1 Å². The third-order valence-electron chi connectivity index (χ3n) is 2.25. The number of hydrogen-bond donors (Lipinski definition) is 2. The zero-order chi connectivity index (χ0) is 12.3. The smallest absolute Gasteiger partial charge is 0.423 e. The lowest BCUT2D eigenvalue weighted by Gasteiger charge is -2.08. The van der Waals surface area contributed by atoms with Crippen LogP contribution < -0.4 is 5.46 Å². The fraction of sp³-hybridized carbons (Fsp3) is 0.0909. The van der Waals surface area contributed by atoms with E-state index in [1.54, 1.807) is 29.2 Å². The molecule has 0 aliphatic carbocycles. The van der Waals surface area contributed by atoms with Gasteiger partial charge in [-0.1, -0.05) is 12.1 Å². The van der Waals surface area contributed by atoms with Gasteiger partial charge in [0.05, 0.1) is 4.21 Å². The highest BCUT2D eigenvalue weighted by atomic mass is 32.2. The van der Waals surface area contributed by atoms with Crippen LogP contribution in [0.5, 0.6) is 0 Å². The summed E-state index contributed by atoms with van der Waals surface area (Å²) in [4.78, 5) is 0. The molecule has 0 fully saturated rings. The zero-order valence-electron chi connectivity index (χ0n) is 8.84. The standard InChI is InChI=1S/C11H10BFO2S2/c13-9-4-3-8(10(6-9)12(14)15)7-17-11-2-1-5-16-11/h1-6,14-15H,7H2. The van der Waals surface area contributed by atoms with E-state index in [0.717, 1.165) is 15.8 Å². The molecule has 0 unspecified atom stereocenters. The summed E-state index contributed by atoms with van der Waals surface area (Å²) in [5.74, 6) is 0.131. The topological polar surface area (TPSA) is 40.5 Å². The SMILES string of the molecule is OB(O)c1cc(F)ccc1CSc1cccs1. The third kappa shape index (κ3) is 3.32. The Bertz CT molecular complexity index is 488. The molecule has 0 amide bonds. The number of halogens is 1. The fourth-order valence-corrected chi connectivity index (χ4v) is 3.23. The molecule has 0 radical (unpaired) electrons. The average molecular weight is 268 g/mol. The van der Waals surface area contributed by atoms with E-state index in [1.807, 2.05) is 17.5 Å². The predicted octanol–water partition coefficient (Wildman–Crippen LogP) is 1.86. The molecule has 0 saturated carbocycles. The molecular formula is C11H10BFO2S2. The van der Waals surface area contributed by atoms with E-state index in [1.165, 1.54) is 6.07 Å². The summed E-state index contributed by atoms with van der Waals surface area (Å²) in [7, 11) is -1.63. The molecule has 88 valence electrons. The number of thioether (sulfide) groups is 1. The van der Waals surface area contributed by atoms with Crippen LogP contribution >= 0.6 is 23.1 Å². The molecule has 2 aromatic rings. The van der Waals surface area contributed by atoms with Crippen molar-refractivity contribution in [2.24, 2.45) is 0 Å². The van der Waals surface area contributed by atoms with Crippen molar-refractivity contribution in [3.63, 3.8) is 0 Å². The van der Waals surface area contributed by atoms with Gasteiger partial charge in [0.1, 0.15) is 5.82 Å². The first-order valence-corrected chi connectivity index (χ1v) is 6.84. The predicted molar refractivity (Wildman–Crippen MR) is 70.1 cm³/mol. The number of hydrogen-bond acceptors (Lipinski definition) is 4. The fourth-order valence-electron chi connectivity index (χ4n) is 1.43. The van der Waals surface area contributed by atoms with Gasteiger partial charge in [-0.3, -0.25) is 0 Å². The molecule has 2 N–H and O–H groups in total. The van der Waals surface area contributed by atoms with E-state index in [-0.39, 0.29) is 5.46 Å². The van der Waals surface area contributed by atoms with Crippen LogP contribution in [0.4, 0.5) is 4.39 Å². The molecule has 1 aromatic heterocycles. The van der Waals surface area contributed by atoms with Crippen molar-refractivity contribution in [3.8, 4) is 0 Å². The normalized spacial score (nSPS) is 10.5. The number of thiophene rings is 1. The summed E-state index contributed by atoms with van der Waals surface area (Å²) in [6.45, 7) is 0. The van der Waals surface area contributed by atoms with E-state index >= 15 is 0 Å². The molecule has 0 aliphatic heterocycles. The number of rotatable bonds is 4. The second-order valence-electron chi connectivity index (χ2n) is 3.44. The molecule has 0 spiro atoms. The molecule has 0 aliphatic rings. The van der Waals surface area contributed by atoms with Gasteiger partial charge in [-0.2, -0.15) is 0 Å². The van der Waals surface area contributed by atoms with Crippen LogP contribution in [0.1, 0.15) is 5.56 Å². The Labute approximate surface area is 107 Å². The molecule has 0 saturated heterocycles. The average Bonchev–Trinajstić information content (AvgIpc) is 2.80. The Morgan fingerprint density at radius 2 is 2.12 bits per heavy atom. The molecule has 2 rings (SSSR count). The van der Waals surface area contributed by atoms with Gasteiger partial charge >= 0.3 is 7.12 Å². The summed E-state index contributed by atoms with van der Waals surface area (Å²) in [6.07, 6.45) is 0. The summed E-state index contributed by atoms with van der Waals surface area (Å²) in [6, 6.07) is 8.03. The Balaban J connectivity index is 2.14. The van der Waals surface area contributed by atoms with Gasteiger partial charge in [-0.25, -0.2) is 4.39 Å². The Morgan fingerprint density at radius 1 is 1.29 bits per heavy atom. The van der Waals surface area contributed by atoms with Gasteiger partial charge in [0.15, 0.2) is 0 Å². The van der Waals surface area contributed by atoms with Crippen LogP contribution in [0.2, 0.25) is 0 Å². The van der Waals surface area contributed by atoms with Crippen molar-refractivity contribution in [3.05, 3.63) is 47.1 Å². The minimum absolute atomic E-state index is 0.231. The van der Waals surface area contributed by atoms with Crippen LogP contribution in [0.15, 0.2) is 39.9 Å². The highest BCUT2D eigenvalue weighted by Crippen LogP contribution is 2.26. The number of benzene rings is 1. The molecule has 1 heterocycles. The molecule has 0 bridgehead atoms. The van der Waals surface area contributed by atoms with Crippen LogP contribution in [0, 0.1) is 5.82 Å². The minimum Gasteiger partial charge on any atom is -0.423 e. The lowest BCUT2D eigenvalue weighted by molar-refractivity contribution is 0.425. The van der Waals surface area contributed by atoms with Crippen molar-refractivity contribution in [1.82, 2.24) is 0 Å². The Morgan fingerprint density at radius 3 is 2.76 bits per heavy atom. The van der Waals surface area contributed by atoms with Crippen LogP contribution in [0.3, 0.4) is 0 Å². The van der Waals surface area contributed by atoms with Crippen molar-refractivity contribution in [2.45, 2.75) is 9.96 Å². The maximum Gasteiger partial charge on any atom is 0.488 e. The Kier molecular flexibility index (Phi) is 4.23. The van der Waals surface area contributed by atoms with Gasteiger partial charge in [0.2, 0.25) is 0 Å². The van der Waals surface area contributed by atoms with E-state index in [2.05, 4.69) is 0 Å². The van der Waals surface area contributed by atoms with Crippen LogP contribution in [-0.2, 0) is 5.75 Å². The molecule has 0 atom stereocenters. The monoisotopic (exact) mass is 268 g/mol. The first-order chi connectivity index (χ1) is 8.16. The largest absolute Gasteiger partial charge is 0.488 e. The van der Waals surface area contributed by atoms with E-state index in [0.29, 0.717) is 5.75 Å². The molecule has 6 heteroatoms. The Hall–Kier alpha value is -0.815. The minimum atomic E-state index is -1.63. The van der Waals surface area contributed by atoms with E-state index < -0.39 is 12.9 Å². The van der Waals surface area contributed by atoms with Crippen molar-refractivity contribution in [2.75, 3.05) is 0 Å². The van der Waals surface area contributed by atoms with Crippen molar-refractivity contribution < 1.29 is 14.4 Å². The second kappa shape index (κ2) is 5.68. The quantitative estimate of drug-likeness (QED) is 0.657. The summed E-state index contributed by atoms with van der Waals surface area (Å²) < 4.78 is 14.1.